The highest BCUT2D eigenvalue weighted by Crippen LogP contribution is 2.23. The predicted molar refractivity (Wildman–Crippen MR) is 124 cm³/mol. The van der Waals surface area contributed by atoms with Crippen molar-refractivity contribution in [2.45, 2.75) is 19.8 Å². The standard InChI is InChI=1S/C25H27N5O3/c1-18-26-21-17-19(9-10-22(21)30(18)20-7-3-2-4-8-20)23(31)28-13-15-29(16-14-28)25(33)24(32)27-11-5-6-12-27/h2-4,7-10,17H,5-6,11-16H2,1H3. The molecule has 170 valence electrons. The minimum atomic E-state index is -0.452. The summed E-state index contributed by atoms with van der Waals surface area (Å²) in [5.74, 6) is -0.0909. The van der Waals surface area contributed by atoms with Crippen molar-refractivity contribution in [2.75, 3.05) is 39.3 Å². The molecule has 0 N–H and O–H groups in total. The molecule has 0 unspecified atom stereocenters. The van der Waals surface area contributed by atoms with Gasteiger partial charge in [-0.15, -0.1) is 0 Å². The van der Waals surface area contributed by atoms with Gasteiger partial charge < -0.3 is 14.7 Å². The average Bonchev–Trinajstić information content (AvgIpc) is 3.50. The molecule has 33 heavy (non-hydrogen) atoms. The van der Waals surface area contributed by atoms with Gasteiger partial charge in [0.15, 0.2) is 0 Å². The molecule has 5 rings (SSSR count). The van der Waals surface area contributed by atoms with E-state index >= 15 is 0 Å². The van der Waals surface area contributed by atoms with Gasteiger partial charge in [0, 0.05) is 50.5 Å². The number of aryl methyl sites for hydroxylation is 1. The van der Waals surface area contributed by atoms with Gasteiger partial charge in [0.25, 0.3) is 5.91 Å². The third kappa shape index (κ3) is 3.97. The molecule has 0 saturated carbocycles. The highest BCUT2D eigenvalue weighted by Gasteiger charge is 2.32. The van der Waals surface area contributed by atoms with E-state index in [0.717, 1.165) is 35.4 Å². The van der Waals surface area contributed by atoms with Gasteiger partial charge in [-0.1, -0.05) is 18.2 Å². The van der Waals surface area contributed by atoms with Crippen LogP contribution in [0, 0.1) is 6.92 Å². The summed E-state index contributed by atoms with van der Waals surface area (Å²) in [7, 11) is 0. The molecule has 2 saturated heterocycles. The van der Waals surface area contributed by atoms with Gasteiger partial charge in [-0.3, -0.25) is 19.0 Å². The van der Waals surface area contributed by atoms with Crippen molar-refractivity contribution in [3.05, 3.63) is 59.9 Å². The van der Waals surface area contributed by atoms with Crippen molar-refractivity contribution in [3.63, 3.8) is 0 Å². The zero-order valence-electron chi connectivity index (χ0n) is 18.7. The number of piperazine rings is 1. The van der Waals surface area contributed by atoms with E-state index in [9.17, 15) is 14.4 Å². The molecule has 0 spiro atoms. The Hall–Kier alpha value is -3.68. The van der Waals surface area contributed by atoms with Gasteiger partial charge in [-0.25, -0.2) is 4.98 Å². The fraction of sp³-hybridized carbons (Fsp3) is 0.360. The number of hydrogen-bond donors (Lipinski definition) is 0. The summed E-state index contributed by atoms with van der Waals surface area (Å²) < 4.78 is 2.07. The van der Waals surface area contributed by atoms with Crippen LogP contribution in [0.4, 0.5) is 0 Å². The highest BCUT2D eigenvalue weighted by atomic mass is 16.2. The number of imidazole rings is 1. The van der Waals surface area contributed by atoms with Crippen LogP contribution in [0.2, 0.25) is 0 Å². The Morgan fingerprint density at radius 2 is 1.36 bits per heavy atom. The molecule has 0 radical (unpaired) electrons. The van der Waals surface area contributed by atoms with Crippen LogP contribution in [0.15, 0.2) is 48.5 Å². The Bertz CT molecular complexity index is 1210. The van der Waals surface area contributed by atoms with Crippen molar-refractivity contribution in [3.8, 4) is 5.69 Å². The van der Waals surface area contributed by atoms with E-state index < -0.39 is 11.8 Å². The predicted octanol–water partition coefficient (Wildman–Crippen LogP) is 2.24. The summed E-state index contributed by atoms with van der Waals surface area (Å²) in [5.41, 5.74) is 3.33. The number of hydrogen-bond acceptors (Lipinski definition) is 4. The van der Waals surface area contributed by atoms with Crippen molar-refractivity contribution in [1.29, 1.82) is 0 Å². The lowest BCUT2D eigenvalue weighted by atomic mass is 10.1. The minimum absolute atomic E-state index is 0.0817. The Morgan fingerprint density at radius 1 is 0.758 bits per heavy atom. The smallest absolute Gasteiger partial charge is 0.312 e. The Morgan fingerprint density at radius 3 is 2.03 bits per heavy atom. The first-order valence-electron chi connectivity index (χ1n) is 11.4. The van der Waals surface area contributed by atoms with Gasteiger partial charge in [-0.05, 0) is 50.1 Å². The Kier molecular flexibility index (Phi) is 5.58. The molecule has 3 aromatic rings. The summed E-state index contributed by atoms with van der Waals surface area (Å²) in [5, 5.41) is 0. The van der Waals surface area contributed by atoms with Crippen LogP contribution in [0.25, 0.3) is 16.7 Å². The van der Waals surface area contributed by atoms with Gasteiger partial charge in [0.2, 0.25) is 0 Å². The molecule has 2 fully saturated rings. The molecular weight excluding hydrogens is 418 g/mol. The molecule has 2 aliphatic heterocycles. The molecule has 0 bridgehead atoms. The molecule has 8 nitrogen and oxygen atoms in total. The van der Waals surface area contributed by atoms with Crippen LogP contribution in [-0.2, 0) is 9.59 Å². The average molecular weight is 446 g/mol. The minimum Gasteiger partial charge on any atom is -0.335 e. The highest BCUT2D eigenvalue weighted by molar-refractivity contribution is 6.35. The third-order valence-electron chi connectivity index (χ3n) is 6.51. The monoisotopic (exact) mass is 445 g/mol. The maximum atomic E-state index is 13.1. The van der Waals surface area contributed by atoms with E-state index in [1.54, 1.807) is 14.7 Å². The second-order valence-electron chi connectivity index (χ2n) is 8.62. The second kappa shape index (κ2) is 8.69. The lowest BCUT2D eigenvalue weighted by Crippen LogP contribution is -2.54. The van der Waals surface area contributed by atoms with E-state index in [4.69, 9.17) is 0 Å². The lowest BCUT2D eigenvalue weighted by Gasteiger charge is -2.35. The maximum Gasteiger partial charge on any atom is 0.312 e. The van der Waals surface area contributed by atoms with Crippen molar-refractivity contribution >= 4 is 28.8 Å². The topological polar surface area (TPSA) is 78.8 Å². The van der Waals surface area contributed by atoms with Gasteiger partial charge in [0.1, 0.15) is 5.82 Å². The van der Waals surface area contributed by atoms with Crippen LogP contribution < -0.4 is 0 Å². The summed E-state index contributed by atoms with van der Waals surface area (Å²) in [6.45, 7) is 4.83. The normalized spacial score (nSPS) is 16.5. The van der Waals surface area contributed by atoms with Crippen LogP contribution in [0.1, 0.15) is 29.0 Å². The molecule has 3 amide bonds. The summed E-state index contributed by atoms with van der Waals surface area (Å²) >= 11 is 0. The number of aromatic nitrogens is 2. The fourth-order valence-corrected chi connectivity index (χ4v) is 4.72. The number of amides is 3. The van der Waals surface area contributed by atoms with Gasteiger partial charge in [-0.2, -0.15) is 0 Å². The fourth-order valence-electron chi connectivity index (χ4n) is 4.72. The van der Waals surface area contributed by atoms with Crippen LogP contribution in [0.5, 0.6) is 0 Å². The zero-order valence-corrected chi connectivity index (χ0v) is 18.7. The number of nitrogens with zero attached hydrogens (tertiary/aromatic N) is 5. The molecule has 0 aliphatic carbocycles. The third-order valence-corrected chi connectivity index (χ3v) is 6.51. The Labute approximate surface area is 192 Å². The van der Waals surface area contributed by atoms with E-state index in [-0.39, 0.29) is 5.91 Å². The quantitative estimate of drug-likeness (QED) is 0.567. The van der Waals surface area contributed by atoms with Crippen molar-refractivity contribution in [1.82, 2.24) is 24.3 Å². The summed E-state index contributed by atoms with van der Waals surface area (Å²) in [4.78, 5) is 47.7. The number of carbonyl (C=O) groups is 3. The van der Waals surface area contributed by atoms with E-state index in [1.807, 2.05) is 55.5 Å². The molecule has 1 aromatic heterocycles. The SMILES string of the molecule is Cc1nc2cc(C(=O)N3CCN(C(=O)C(=O)N4CCCC4)CC3)ccc2n1-c1ccccc1. The number of rotatable bonds is 2. The largest absolute Gasteiger partial charge is 0.335 e. The van der Waals surface area contributed by atoms with Crippen LogP contribution in [-0.4, -0.2) is 81.2 Å². The summed E-state index contributed by atoms with van der Waals surface area (Å²) in [6, 6.07) is 15.6. The van der Waals surface area contributed by atoms with Gasteiger partial charge >= 0.3 is 11.8 Å². The van der Waals surface area contributed by atoms with Gasteiger partial charge in [0.05, 0.1) is 11.0 Å². The molecule has 0 atom stereocenters. The first-order chi connectivity index (χ1) is 16.0. The number of likely N-dealkylation sites (tertiary alicyclic amines) is 1. The van der Waals surface area contributed by atoms with Crippen molar-refractivity contribution < 1.29 is 14.4 Å². The lowest BCUT2D eigenvalue weighted by molar-refractivity contribution is -0.152. The van der Waals surface area contributed by atoms with E-state index in [2.05, 4.69) is 9.55 Å². The molecule has 2 aliphatic rings. The van der Waals surface area contributed by atoms with Crippen molar-refractivity contribution in [2.24, 2.45) is 0 Å². The van der Waals surface area contributed by atoms with E-state index in [0.29, 0.717) is 44.8 Å². The molecule has 3 heterocycles. The summed E-state index contributed by atoms with van der Waals surface area (Å²) in [6.07, 6.45) is 1.91. The van der Waals surface area contributed by atoms with Crippen LogP contribution >= 0.6 is 0 Å². The first kappa shape index (κ1) is 21.2. The number of carbonyl (C=O) groups excluding carboxylic acids is 3. The zero-order chi connectivity index (χ0) is 22.9. The maximum absolute atomic E-state index is 13.1. The molecular formula is C25H27N5O3. The number of para-hydroxylation sites is 1. The number of benzene rings is 2. The van der Waals surface area contributed by atoms with Crippen LogP contribution in [0.3, 0.4) is 0 Å². The molecule has 2 aromatic carbocycles. The number of fused-ring (bicyclic) bond motifs is 1. The van der Waals surface area contributed by atoms with E-state index in [1.165, 1.54) is 0 Å². The second-order valence-corrected chi connectivity index (χ2v) is 8.62. The Balaban J connectivity index is 1.28. The molecule has 8 heteroatoms. The first-order valence-corrected chi connectivity index (χ1v) is 11.4.